The number of carboxylic acid groups (broad SMARTS) is 1. The lowest BCUT2D eigenvalue weighted by Crippen LogP contribution is -2.36. The first-order valence-corrected chi connectivity index (χ1v) is 8.87. The van der Waals surface area contributed by atoms with E-state index in [2.05, 4.69) is 15.9 Å². The predicted octanol–water partition coefficient (Wildman–Crippen LogP) is 2.45. The Hall–Kier alpha value is -0.440. The van der Waals surface area contributed by atoms with Gasteiger partial charge in [0, 0.05) is 12.6 Å². The number of carbonyl (C=O) groups is 1. The van der Waals surface area contributed by atoms with E-state index in [0.29, 0.717) is 19.4 Å². The van der Waals surface area contributed by atoms with Gasteiger partial charge in [-0.2, -0.15) is 4.31 Å². The van der Waals surface area contributed by atoms with Gasteiger partial charge in [0.1, 0.15) is 4.21 Å². The molecule has 5 nitrogen and oxygen atoms in total. The van der Waals surface area contributed by atoms with Gasteiger partial charge >= 0.3 is 5.97 Å². The maximum atomic E-state index is 12.5. The van der Waals surface area contributed by atoms with Crippen molar-refractivity contribution in [3.8, 4) is 0 Å². The summed E-state index contributed by atoms with van der Waals surface area (Å²) in [6.45, 7) is 2.23. The molecule has 0 spiro atoms. The zero-order chi connectivity index (χ0) is 14.2. The zero-order valence-electron chi connectivity index (χ0n) is 10.3. The molecule has 2 heterocycles. The van der Waals surface area contributed by atoms with Crippen molar-refractivity contribution in [2.45, 2.75) is 36.4 Å². The molecule has 1 atom stereocenters. The van der Waals surface area contributed by atoms with Crippen LogP contribution in [-0.4, -0.2) is 36.4 Å². The second-order valence-corrected chi connectivity index (χ2v) is 9.02. The van der Waals surface area contributed by atoms with Crippen molar-refractivity contribution < 1.29 is 18.3 Å². The summed E-state index contributed by atoms with van der Waals surface area (Å²) < 4.78 is 27.4. The highest BCUT2D eigenvalue weighted by Gasteiger charge is 2.37. The number of halogens is 1. The molecule has 1 aromatic heterocycles. The number of rotatable bonds is 4. The first-order chi connectivity index (χ1) is 8.82. The Kier molecular flexibility index (Phi) is 4.34. The zero-order valence-corrected chi connectivity index (χ0v) is 13.5. The highest BCUT2D eigenvalue weighted by Crippen LogP contribution is 2.35. The van der Waals surface area contributed by atoms with Crippen molar-refractivity contribution >= 4 is 43.3 Å². The third-order valence-electron chi connectivity index (χ3n) is 3.13. The molecule has 1 aliphatic rings. The van der Waals surface area contributed by atoms with Crippen molar-refractivity contribution in [1.82, 2.24) is 4.31 Å². The van der Waals surface area contributed by atoms with Crippen LogP contribution >= 0.6 is 27.3 Å². The molecule has 2 rings (SSSR count). The number of sulfonamides is 1. The summed E-state index contributed by atoms with van der Waals surface area (Å²) in [6, 6.07) is 1.20. The summed E-state index contributed by atoms with van der Waals surface area (Å²) in [5, 5.41) is 8.85. The molecule has 1 aromatic rings. The van der Waals surface area contributed by atoms with E-state index in [-0.39, 0.29) is 10.6 Å². The van der Waals surface area contributed by atoms with Crippen LogP contribution in [0, 0.1) is 6.92 Å². The van der Waals surface area contributed by atoms with Crippen molar-refractivity contribution in [2.24, 2.45) is 0 Å². The van der Waals surface area contributed by atoms with Crippen LogP contribution in [0.1, 0.15) is 24.8 Å². The van der Waals surface area contributed by atoms with E-state index in [0.717, 1.165) is 9.35 Å². The number of aryl methyl sites for hydroxylation is 1. The van der Waals surface area contributed by atoms with Crippen LogP contribution in [0.2, 0.25) is 0 Å². The van der Waals surface area contributed by atoms with Crippen LogP contribution in [-0.2, 0) is 14.8 Å². The average molecular weight is 368 g/mol. The van der Waals surface area contributed by atoms with Crippen molar-refractivity contribution in [2.75, 3.05) is 6.54 Å². The Morgan fingerprint density at radius 2 is 2.32 bits per heavy atom. The van der Waals surface area contributed by atoms with E-state index in [9.17, 15) is 13.2 Å². The van der Waals surface area contributed by atoms with E-state index in [1.807, 2.05) is 6.92 Å². The van der Waals surface area contributed by atoms with Crippen LogP contribution in [0.4, 0.5) is 0 Å². The quantitative estimate of drug-likeness (QED) is 0.886. The van der Waals surface area contributed by atoms with Gasteiger partial charge in [0.2, 0.25) is 0 Å². The molecule has 0 saturated carbocycles. The molecule has 8 heteroatoms. The lowest BCUT2D eigenvalue weighted by molar-refractivity contribution is -0.137. The summed E-state index contributed by atoms with van der Waals surface area (Å²) in [7, 11) is -3.58. The van der Waals surface area contributed by atoms with Gasteiger partial charge in [-0.3, -0.25) is 4.79 Å². The van der Waals surface area contributed by atoms with E-state index in [4.69, 9.17) is 5.11 Å². The number of thiophene rings is 1. The fourth-order valence-electron chi connectivity index (χ4n) is 2.21. The molecule has 1 unspecified atom stereocenters. The molecule has 19 heavy (non-hydrogen) atoms. The molecule has 1 fully saturated rings. The van der Waals surface area contributed by atoms with Crippen LogP contribution in [0.3, 0.4) is 0 Å². The smallest absolute Gasteiger partial charge is 0.304 e. The Bertz CT molecular complexity index is 576. The number of hydrogen-bond donors (Lipinski definition) is 1. The molecule has 1 N–H and O–H groups in total. The second kappa shape index (κ2) is 5.51. The van der Waals surface area contributed by atoms with Crippen LogP contribution in [0.15, 0.2) is 14.1 Å². The van der Waals surface area contributed by atoms with E-state index >= 15 is 0 Å². The maximum absolute atomic E-state index is 12.5. The molecule has 1 aliphatic heterocycles. The standard InChI is InChI=1S/C11H14BrNO4S2/c1-7-5-10(18-11(7)12)19(16,17)13-4-2-3-8(13)6-9(14)15/h5,8H,2-4,6H2,1H3,(H,14,15). The van der Waals surface area contributed by atoms with Gasteiger partial charge in [0.25, 0.3) is 10.0 Å². The number of nitrogens with zero attached hydrogens (tertiary/aromatic N) is 1. The van der Waals surface area contributed by atoms with Gasteiger partial charge in [-0.05, 0) is 47.3 Å². The van der Waals surface area contributed by atoms with Gasteiger partial charge in [-0.1, -0.05) is 0 Å². The molecule has 1 saturated heterocycles. The SMILES string of the molecule is Cc1cc(S(=O)(=O)N2CCCC2CC(=O)O)sc1Br. The van der Waals surface area contributed by atoms with Crippen LogP contribution < -0.4 is 0 Å². The lowest BCUT2D eigenvalue weighted by Gasteiger charge is -2.21. The van der Waals surface area contributed by atoms with E-state index < -0.39 is 22.0 Å². The van der Waals surface area contributed by atoms with Crippen molar-refractivity contribution in [3.63, 3.8) is 0 Å². The number of carboxylic acids is 1. The van der Waals surface area contributed by atoms with Gasteiger partial charge in [-0.25, -0.2) is 8.42 Å². The Balaban J connectivity index is 2.30. The Morgan fingerprint density at radius 3 is 2.84 bits per heavy atom. The highest BCUT2D eigenvalue weighted by molar-refractivity contribution is 9.11. The highest BCUT2D eigenvalue weighted by atomic mass is 79.9. The topological polar surface area (TPSA) is 74.7 Å². The van der Waals surface area contributed by atoms with Gasteiger partial charge in [0.15, 0.2) is 0 Å². The normalized spacial score (nSPS) is 20.8. The van der Waals surface area contributed by atoms with Gasteiger partial charge < -0.3 is 5.11 Å². The van der Waals surface area contributed by atoms with Crippen molar-refractivity contribution in [3.05, 3.63) is 15.4 Å². The summed E-state index contributed by atoms with van der Waals surface area (Å²) in [6.07, 6.45) is 1.19. The molecule has 0 aliphatic carbocycles. The Morgan fingerprint density at radius 1 is 1.63 bits per heavy atom. The average Bonchev–Trinajstić information content (AvgIpc) is 2.87. The first-order valence-electron chi connectivity index (χ1n) is 5.82. The minimum Gasteiger partial charge on any atom is -0.481 e. The van der Waals surface area contributed by atoms with E-state index in [1.165, 1.54) is 15.6 Å². The Labute approximate surface area is 124 Å². The molecule has 106 valence electrons. The van der Waals surface area contributed by atoms with Crippen LogP contribution in [0.5, 0.6) is 0 Å². The van der Waals surface area contributed by atoms with E-state index in [1.54, 1.807) is 6.07 Å². The number of hydrogen-bond acceptors (Lipinski definition) is 4. The summed E-state index contributed by atoms with van der Waals surface area (Å²) >= 11 is 4.48. The maximum Gasteiger partial charge on any atom is 0.304 e. The molecule has 0 radical (unpaired) electrons. The second-order valence-electron chi connectivity index (χ2n) is 4.53. The summed E-state index contributed by atoms with van der Waals surface area (Å²) in [5.74, 6) is -0.962. The molecular formula is C11H14BrNO4S2. The van der Waals surface area contributed by atoms with Gasteiger partial charge in [0.05, 0.1) is 10.2 Å². The van der Waals surface area contributed by atoms with Gasteiger partial charge in [-0.15, -0.1) is 11.3 Å². The predicted molar refractivity (Wildman–Crippen MR) is 75.9 cm³/mol. The minimum absolute atomic E-state index is 0.134. The largest absolute Gasteiger partial charge is 0.481 e. The van der Waals surface area contributed by atoms with Crippen LogP contribution in [0.25, 0.3) is 0 Å². The fraction of sp³-hybridized carbons (Fsp3) is 0.545. The minimum atomic E-state index is -3.58. The summed E-state index contributed by atoms with van der Waals surface area (Å²) in [5.41, 5.74) is 0.873. The molecule has 0 bridgehead atoms. The third-order valence-corrected chi connectivity index (χ3v) is 7.67. The number of aliphatic carboxylic acids is 1. The lowest BCUT2D eigenvalue weighted by atomic mass is 10.2. The molecular weight excluding hydrogens is 354 g/mol. The molecule has 0 aromatic carbocycles. The fourth-order valence-corrected chi connectivity index (χ4v) is 6.25. The third kappa shape index (κ3) is 3.01. The monoisotopic (exact) mass is 367 g/mol. The summed E-state index contributed by atoms with van der Waals surface area (Å²) in [4.78, 5) is 10.8. The first kappa shape index (κ1) is 15.0. The molecule has 0 amide bonds. The van der Waals surface area contributed by atoms with Crippen molar-refractivity contribution in [1.29, 1.82) is 0 Å².